The van der Waals surface area contributed by atoms with Gasteiger partial charge in [0.2, 0.25) is 17.7 Å². The van der Waals surface area contributed by atoms with E-state index in [0.29, 0.717) is 48.1 Å². The molecular weight excluding hydrogens is 763 g/mol. The number of alkyl carbamates (subject to hydrolysis) is 2. The molecule has 4 amide bonds. The molecule has 6 unspecified atom stereocenters. The van der Waals surface area contributed by atoms with E-state index in [1.807, 2.05) is 42.5 Å². The second-order valence-corrected chi connectivity index (χ2v) is 14.6. The van der Waals surface area contributed by atoms with Crippen molar-refractivity contribution < 1.29 is 42.5 Å². The number of hydrogen-bond acceptors (Lipinski definition) is 12. The number of nitrogens with zero attached hydrogens (tertiary/aromatic N) is 5. The highest BCUT2D eigenvalue weighted by molar-refractivity contribution is 5.88. The van der Waals surface area contributed by atoms with Gasteiger partial charge in [0.05, 0.1) is 62.3 Å². The van der Waals surface area contributed by atoms with E-state index in [0.717, 1.165) is 47.3 Å². The summed E-state index contributed by atoms with van der Waals surface area (Å²) in [5, 5.41) is 5.22. The van der Waals surface area contributed by atoms with Gasteiger partial charge in [-0.3, -0.25) is 9.59 Å². The first-order valence-electron chi connectivity index (χ1n) is 19.5. The van der Waals surface area contributed by atoms with Gasteiger partial charge in [0, 0.05) is 38.4 Å². The smallest absolute Gasteiger partial charge is 0.407 e. The molecule has 6 atom stereocenters. The Kier molecular flexibility index (Phi) is 12.3. The van der Waals surface area contributed by atoms with Crippen LogP contribution in [-0.4, -0.2) is 125 Å². The Labute approximate surface area is 340 Å². The highest BCUT2D eigenvalue weighted by Gasteiger charge is 2.40. The average Bonchev–Trinajstić information content (AvgIpc) is 4.12. The Hall–Kier alpha value is -6.27. The number of benzene rings is 2. The summed E-state index contributed by atoms with van der Waals surface area (Å²) in [6.07, 6.45) is 3.93. The van der Waals surface area contributed by atoms with Crippen molar-refractivity contribution in [3.63, 3.8) is 0 Å². The number of aromatic nitrogens is 5. The fraction of sp³-hybridized carbons (Fsp3) is 0.439. The number of amides is 4. The summed E-state index contributed by atoms with van der Waals surface area (Å²) in [7, 11) is 5.47. The Morgan fingerprint density at radius 1 is 0.712 bits per heavy atom. The van der Waals surface area contributed by atoms with Gasteiger partial charge in [-0.1, -0.05) is 12.1 Å². The third-order valence-corrected chi connectivity index (χ3v) is 11.2. The van der Waals surface area contributed by atoms with Gasteiger partial charge in [-0.2, -0.15) is 0 Å². The van der Waals surface area contributed by atoms with Crippen LogP contribution in [0.3, 0.4) is 0 Å². The fourth-order valence-corrected chi connectivity index (χ4v) is 7.71. The van der Waals surface area contributed by atoms with E-state index in [9.17, 15) is 19.2 Å². The molecular formula is C41H49N9O9. The molecule has 59 heavy (non-hydrogen) atoms. The first-order valence-corrected chi connectivity index (χ1v) is 19.5. The maximum Gasteiger partial charge on any atom is 0.407 e. The Balaban J connectivity index is 1.03. The number of ether oxygens (including phenoxy) is 4. The predicted molar refractivity (Wildman–Crippen MR) is 214 cm³/mol. The van der Waals surface area contributed by atoms with Crippen molar-refractivity contribution in [1.29, 1.82) is 0 Å². The topological polar surface area (TPSA) is 219 Å². The van der Waals surface area contributed by atoms with Gasteiger partial charge in [-0.05, 0) is 75.4 Å². The first-order chi connectivity index (χ1) is 28.5. The molecule has 5 heterocycles. The molecule has 2 aliphatic rings. The number of imidazole rings is 2. The van der Waals surface area contributed by atoms with Crippen LogP contribution in [0.1, 0.15) is 63.3 Å². The van der Waals surface area contributed by atoms with Crippen molar-refractivity contribution in [1.82, 2.24) is 45.4 Å². The summed E-state index contributed by atoms with van der Waals surface area (Å²) in [4.78, 5) is 75.7. The number of H-pyrrole nitrogens is 2. The molecule has 0 saturated carbocycles. The van der Waals surface area contributed by atoms with Gasteiger partial charge in [0.15, 0.2) is 5.58 Å². The summed E-state index contributed by atoms with van der Waals surface area (Å²) in [5.41, 5.74) is 5.35. The standard InChI is InChI=1S/C41H49N9O9/c1-22(55-3)33(47-40(53)57-5)38(51)49-17-7-9-30(49)35-42-20-28(44-35)24-11-13-25(14-12-24)37-46-27-19-26(15-16-32(27)59-37)29-21-43-36(45-29)31-10-8-18-50(31)39(52)34(23(2)56-4)48-41(54)58-6/h11-16,19-23,30-31,33-34H,7-10,17-18H2,1-6H3,(H,42,44)(H,43,45)(H,47,53)(H,48,54). The van der Waals surface area contributed by atoms with E-state index in [-0.39, 0.29) is 23.9 Å². The van der Waals surface area contributed by atoms with Gasteiger partial charge in [0.1, 0.15) is 29.2 Å². The monoisotopic (exact) mass is 811 g/mol. The summed E-state index contributed by atoms with van der Waals surface area (Å²) in [6.45, 7) is 4.48. The molecule has 4 N–H and O–H groups in total. The van der Waals surface area contributed by atoms with Gasteiger partial charge >= 0.3 is 12.2 Å². The number of likely N-dealkylation sites (tertiary alicyclic amines) is 2. The van der Waals surface area contributed by atoms with Crippen molar-refractivity contribution in [2.24, 2.45) is 0 Å². The lowest BCUT2D eigenvalue weighted by molar-refractivity contribution is -0.138. The molecule has 2 saturated heterocycles. The van der Waals surface area contributed by atoms with Crippen LogP contribution in [0.25, 0.3) is 45.1 Å². The van der Waals surface area contributed by atoms with Crippen LogP contribution in [-0.2, 0) is 28.5 Å². The van der Waals surface area contributed by atoms with Gasteiger partial charge in [-0.25, -0.2) is 24.5 Å². The number of nitrogens with one attached hydrogen (secondary N) is 4. The second-order valence-electron chi connectivity index (χ2n) is 14.6. The van der Waals surface area contributed by atoms with E-state index in [1.54, 1.807) is 36.0 Å². The van der Waals surface area contributed by atoms with E-state index < -0.39 is 36.5 Å². The minimum Gasteiger partial charge on any atom is -0.453 e. The lowest BCUT2D eigenvalue weighted by Gasteiger charge is -2.30. The van der Waals surface area contributed by atoms with Crippen LogP contribution in [0.2, 0.25) is 0 Å². The van der Waals surface area contributed by atoms with Crippen LogP contribution in [0.5, 0.6) is 0 Å². The number of fused-ring (bicyclic) bond motifs is 1. The largest absolute Gasteiger partial charge is 0.453 e. The first kappa shape index (κ1) is 40.9. The number of carbonyl (C=O) groups excluding carboxylic acids is 4. The fourth-order valence-electron chi connectivity index (χ4n) is 7.71. The number of oxazole rings is 1. The Bertz CT molecular complexity index is 2290. The molecule has 18 nitrogen and oxygen atoms in total. The summed E-state index contributed by atoms with van der Waals surface area (Å²) in [5.74, 6) is 1.22. The molecule has 7 rings (SSSR count). The number of methoxy groups -OCH3 is 4. The maximum atomic E-state index is 13.7. The van der Waals surface area contributed by atoms with E-state index >= 15 is 0 Å². The van der Waals surface area contributed by atoms with Gasteiger partial charge in [-0.15, -0.1) is 0 Å². The Morgan fingerprint density at radius 3 is 1.68 bits per heavy atom. The van der Waals surface area contributed by atoms with Gasteiger partial charge in [0.25, 0.3) is 0 Å². The van der Waals surface area contributed by atoms with Crippen LogP contribution in [0.4, 0.5) is 9.59 Å². The normalized spacial score (nSPS) is 18.7. The zero-order valence-corrected chi connectivity index (χ0v) is 33.8. The molecule has 0 bridgehead atoms. The molecule has 0 aliphatic carbocycles. The van der Waals surface area contributed by atoms with Gasteiger partial charge < -0.3 is 53.8 Å². The maximum absolute atomic E-state index is 13.7. The molecule has 2 fully saturated rings. The van der Waals surface area contributed by atoms with Crippen LogP contribution >= 0.6 is 0 Å². The third-order valence-electron chi connectivity index (χ3n) is 11.2. The third kappa shape index (κ3) is 8.49. The average molecular weight is 812 g/mol. The van der Waals surface area contributed by atoms with Crippen molar-refractivity contribution in [3.05, 3.63) is 66.5 Å². The summed E-state index contributed by atoms with van der Waals surface area (Å²) in [6, 6.07) is 11.0. The van der Waals surface area contributed by atoms with E-state index in [1.165, 1.54) is 28.4 Å². The van der Waals surface area contributed by atoms with Crippen molar-refractivity contribution in [2.75, 3.05) is 41.5 Å². The molecule has 2 aliphatic heterocycles. The highest BCUT2D eigenvalue weighted by atomic mass is 16.5. The lowest BCUT2D eigenvalue weighted by atomic mass is 10.1. The minimum atomic E-state index is -0.920. The molecule has 2 aromatic carbocycles. The predicted octanol–water partition coefficient (Wildman–Crippen LogP) is 5.12. The quantitative estimate of drug-likeness (QED) is 0.122. The molecule has 312 valence electrons. The van der Waals surface area contributed by atoms with Crippen LogP contribution in [0.15, 0.2) is 59.3 Å². The SMILES string of the molecule is COC(=O)NC(C(=O)N1CCCC1c1ncc(-c2ccc(-c3nc4cc(-c5cnc(C6CCCN6C(=O)C(NC(=O)OC)C(C)OC)[nH]5)ccc4o3)cc2)[nH]1)C(C)OC. The molecule has 5 aromatic rings. The lowest BCUT2D eigenvalue weighted by Crippen LogP contribution is -2.54. The highest BCUT2D eigenvalue weighted by Crippen LogP contribution is 2.35. The van der Waals surface area contributed by atoms with E-state index in [2.05, 4.69) is 30.6 Å². The summed E-state index contributed by atoms with van der Waals surface area (Å²) >= 11 is 0. The minimum absolute atomic E-state index is 0.266. The molecule has 0 spiro atoms. The van der Waals surface area contributed by atoms with Crippen LogP contribution < -0.4 is 10.6 Å². The zero-order chi connectivity index (χ0) is 41.8. The number of aromatic amines is 2. The Morgan fingerprint density at radius 2 is 1.19 bits per heavy atom. The number of carbonyl (C=O) groups is 4. The van der Waals surface area contributed by atoms with Crippen molar-refractivity contribution >= 4 is 35.1 Å². The van der Waals surface area contributed by atoms with Crippen molar-refractivity contribution in [2.45, 2.75) is 75.9 Å². The molecule has 0 radical (unpaired) electrons. The number of rotatable bonds is 13. The second kappa shape index (κ2) is 17.7. The van der Waals surface area contributed by atoms with Crippen molar-refractivity contribution in [3.8, 4) is 34.0 Å². The van der Waals surface area contributed by atoms with E-state index in [4.69, 9.17) is 28.3 Å². The molecule has 3 aromatic heterocycles. The number of hydrogen-bond donors (Lipinski definition) is 4. The summed E-state index contributed by atoms with van der Waals surface area (Å²) < 4.78 is 26.4. The van der Waals surface area contributed by atoms with Crippen LogP contribution in [0, 0.1) is 0 Å². The molecule has 18 heteroatoms. The zero-order valence-electron chi connectivity index (χ0n) is 33.8.